The van der Waals surface area contributed by atoms with Gasteiger partial charge in [0.05, 0.1) is 9.46 Å². The smallest absolute Gasteiger partial charge is 0.270 e. The molecule has 0 radical (unpaired) electrons. The van der Waals surface area contributed by atoms with Crippen LogP contribution < -0.4 is 14.8 Å². The molecule has 10 heteroatoms. The summed E-state index contributed by atoms with van der Waals surface area (Å²) >= 11 is 1.16. The summed E-state index contributed by atoms with van der Waals surface area (Å²) in [5.74, 6) is 1.31. The molecule has 0 N–H and O–H groups in total. The summed E-state index contributed by atoms with van der Waals surface area (Å²) < 4.78 is 4.29. The molecule has 3 heterocycles. The molecule has 0 fully saturated rings. The zero-order valence-electron chi connectivity index (χ0n) is 17.2. The lowest BCUT2D eigenvalue weighted by molar-refractivity contribution is -0.384. The molecule has 1 aromatic carbocycles. The van der Waals surface area contributed by atoms with Crippen LogP contribution in [-0.2, 0) is 19.5 Å². The third-order valence-corrected chi connectivity index (χ3v) is 6.39. The van der Waals surface area contributed by atoms with Gasteiger partial charge in [0.2, 0.25) is 0 Å². The molecule has 0 unspecified atom stereocenters. The number of thiazole rings is 1. The summed E-state index contributed by atoms with van der Waals surface area (Å²) in [7, 11) is 0. The molecule has 1 aliphatic heterocycles. The van der Waals surface area contributed by atoms with Gasteiger partial charge in [-0.2, -0.15) is 5.26 Å². The van der Waals surface area contributed by atoms with Gasteiger partial charge < -0.3 is 4.57 Å². The second-order valence-corrected chi connectivity index (χ2v) is 8.39. The molecule has 0 amide bonds. The number of allylic oxidation sites excluding steroid dienone is 1. The van der Waals surface area contributed by atoms with Crippen molar-refractivity contribution >= 4 is 28.7 Å². The van der Waals surface area contributed by atoms with E-state index in [0.717, 1.165) is 49.4 Å². The number of hydrogen-bond acceptors (Lipinski definition) is 7. The Morgan fingerprint density at radius 1 is 1.34 bits per heavy atom. The minimum atomic E-state index is -0.480. The lowest BCUT2D eigenvalue weighted by atomic mass is 10.2. The molecular formula is C22H20N6O3S. The SMILES string of the molecule is C=CCn1c(=O)/c(=C/c2cccc([N+](=O)[O-])c2)s/c1=C(\C#N)c1nnc2n1CCCCC2. The van der Waals surface area contributed by atoms with Crippen molar-refractivity contribution in [1.29, 1.82) is 5.26 Å². The predicted octanol–water partition coefficient (Wildman–Crippen LogP) is 1.87. The number of nitrogens with zero attached hydrogens (tertiary/aromatic N) is 6. The Balaban J connectivity index is 1.96. The van der Waals surface area contributed by atoms with Crippen LogP contribution in [0, 0.1) is 21.4 Å². The fourth-order valence-corrected chi connectivity index (χ4v) is 4.85. The summed E-state index contributed by atoms with van der Waals surface area (Å²) in [6.45, 7) is 4.68. The molecular weight excluding hydrogens is 428 g/mol. The zero-order chi connectivity index (χ0) is 22.7. The van der Waals surface area contributed by atoms with Crippen LogP contribution in [0.25, 0.3) is 11.6 Å². The fourth-order valence-electron chi connectivity index (χ4n) is 3.74. The predicted molar refractivity (Wildman–Crippen MR) is 120 cm³/mol. The average Bonchev–Trinajstić information content (AvgIpc) is 3.21. The van der Waals surface area contributed by atoms with Crippen molar-refractivity contribution in [3.8, 4) is 6.07 Å². The molecule has 0 saturated carbocycles. The number of aromatic nitrogens is 4. The summed E-state index contributed by atoms with van der Waals surface area (Å²) in [5.41, 5.74) is 0.468. The van der Waals surface area contributed by atoms with Crippen LogP contribution >= 0.6 is 11.3 Å². The molecule has 0 aliphatic carbocycles. The maximum Gasteiger partial charge on any atom is 0.270 e. The Bertz CT molecular complexity index is 1420. The summed E-state index contributed by atoms with van der Waals surface area (Å²) in [6.07, 6.45) is 7.10. The summed E-state index contributed by atoms with van der Waals surface area (Å²) in [6, 6.07) is 8.29. The molecule has 162 valence electrons. The summed E-state index contributed by atoms with van der Waals surface area (Å²) in [5, 5.41) is 29.6. The second-order valence-electron chi connectivity index (χ2n) is 7.36. The summed E-state index contributed by atoms with van der Waals surface area (Å²) in [4.78, 5) is 23.7. The van der Waals surface area contributed by atoms with Gasteiger partial charge in [0.1, 0.15) is 22.1 Å². The van der Waals surface area contributed by atoms with Crippen LogP contribution in [0.3, 0.4) is 0 Å². The van der Waals surface area contributed by atoms with Crippen molar-refractivity contribution in [2.75, 3.05) is 0 Å². The van der Waals surface area contributed by atoms with Crippen molar-refractivity contribution < 1.29 is 4.92 Å². The van der Waals surface area contributed by atoms with E-state index < -0.39 is 4.92 Å². The fraction of sp³-hybridized carbons (Fsp3) is 0.273. The van der Waals surface area contributed by atoms with Crippen LogP contribution in [-0.4, -0.2) is 24.3 Å². The number of aryl methyl sites for hydroxylation is 1. The number of rotatable bonds is 5. The molecule has 0 spiro atoms. The molecule has 2 aromatic heterocycles. The number of fused-ring (bicyclic) bond motifs is 1. The topological polar surface area (TPSA) is 120 Å². The van der Waals surface area contributed by atoms with Crippen molar-refractivity contribution in [3.63, 3.8) is 0 Å². The van der Waals surface area contributed by atoms with Gasteiger partial charge in [0.15, 0.2) is 5.82 Å². The Hall–Kier alpha value is -3.84. The average molecular weight is 449 g/mol. The number of nitro benzene ring substituents is 1. The molecule has 9 nitrogen and oxygen atoms in total. The molecule has 32 heavy (non-hydrogen) atoms. The van der Waals surface area contributed by atoms with E-state index in [2.05, 4.69) is 22.8 Å². The highest BCUT2D eigenvalue weighted by molar-refractivity contribution is 7.07. The molecule has 4 rings (SSSR count). The van der Waals surface area contributed by atoms with Gasteiger partial charge >= 0.3 is 0 Å². The van der Waals surface area contributed by atoms with Crippen molar-refractivity contribution in [1.82, 2.24) is 19.3 Å². The number of non-ortho nitro benzene ring substituents is 1. The Labute approximate surface area is 187 Å². The minimum Gasteiger partial charge on any atom is -0.310 e. The zero-order valence-corrected chi connectivity index (χ0v) is 18.0. The third-order valence-electron chi connectivity index (χ3n) is 5.26. The molecule has 0 atom stereocenters. The van der Waals surface area contributed by atoms with Gasteiger partial charge in [-0.1, -0.05) is 24.6 Å². The van der Waals surface area contributed by atoms with Gasteiger partial charge in [-0.05, 0) is 24.5 Å². The van der Waals surface area contributed by atoms with E-state index >= 15 is 0 Å². The highest BCUT2D eigenvalue weighted by atomic mass is 32.1. The molecule has 1 aliphatic rings. The number of nitriles is 1. The van der Waals surface area contributed by atoms with Crippen LogP contribution in [0.5, 0.6) is 0 Å². The first kappa shape index (κ1) is 21.4. The van der Waals surface area contributed by atoms with Gasteiger partial charge in [-0.25, -0.2) is 0 Å². The van der Waals surface area contributed by atoms with Crippen LogP contribution in [0.1, 0.15) is 36.5 Å². The number of nitro groups is 1. The van der Waals surface area contributed by atoms with Crippen LogP contribution in [0.4, 0.5) is 5.69 Å². The van der Waals surface area contributed by atoms with E-state index in [4.69, 9.17) is 0 Å². The maximum atomic E-state index is 13.1. The number of hydrogen-bond donors (Lipinski definition) is 0. The maximum absolute atomic E-state index is 13.1. The molecule has 3 aromatic rings. The van der Waals surface area contributed by atoms with E-state index in [-0.39, 0.29) is 23.4 Å². The number of benzene rings is 1. The third kappa shape index (κ3) is 4.02. The Morgan fingerprint density at radius 3 is 2.94 bits per heavy atom. The van der Waals surface area contributed by atoms with E-state index in [9.17, 15) is 20.2 Å². The highest BCUT2D eigenvalue weighted by Crippen LogP contribution is 2.18. The standard InChI is InChI=1S/C22H20N6O3S/c1-2-10-27-21(29)18(13-15-7-6-8-16(12-15)28(30)31)32-22(27)17(14-23)20-25-24-19-9-4-3-5-11-26(19)20/h2,6-8,12-13H,1,3-5,9-11H2/b18-13-,22-17+. The Morgan fingerprint density at radius 2 is 2.19 bits per heavy atom. The van der Waals surface area contributed by atoms with Gasteiger partial charge in [0, 0.05) is 31.6 Å². The van der Waals surface area contributed by atoms with Gasteiger partial charge in [0.25, 0.3) is 11.2 Å². The first-order valence-corrected chi connectivity index (χ1v) is 11.0. The first-order valence-electron chi connectivity index (χ1n) is 10.2. The van der Waals surface area contributed by atoms with Crippen LogP contribution in [0.2, 0.25) is 0 Å². The van der Waals surface area contributed by atoms with Gasteiger partial charge in [-0.3, -0.25) is 19.5 Å². The van der Waals surface area contributed by atoms with Crippen molar-refractivity contribution in [3.05, 3.63) is 83.8 Å². The minimum absolute atomic E-state index is 0.0580. The molecule has 0 bridgehead atoms. The normalized spacial score (nSPS) is 14.9. The first-order chi connectivity index (χ1) is 15.5. The van der Waals surface area contributed by atoms with Crippen molar-refractivity contribution in [2.45, 2.75) is 38.8 Å². The van der Waals surface area contributed by atoms with E-state index in [1.807, 2.05) is 4.57 Å². The van der Waals surface area contributed by atoms with Crippen LogP contribution in [0.15, 0.2) is 41.7 Å². The Kier molecular flexibility index (Phi) is 6.09. The monoisotopic (exact) mass is 448 g/mol. The highest BCUT2D eigenvalue weighted by Gasteiger charge is 2.20. The lowest BCUT2D eigenvalue weighted by Crippen LogP contribution is -2.32. The van der Waals surface area contributed by atoms with E-state index in [1.165, 1.54) is 16.7 Å². The second kappa shape index (κ2) is 9.11. The van der Waals surface area contributed by atoms with E-state index in [0.29, 0.717) is 20.6 Å². The lowest BCUT2D eigenvalue weighted by Gasteiger charge is -2.06. The quantitative estimate of drug-likeness (QED) is 0.334. The van der Waals surface area contributed by atoms with Gasteiger partial charge in [-0.15, -0.1) is 28.1 Å². The van der Waals surface area contributed by atoms with E-state index in [1.54, 1.807) is 24.3 Å². The van der Waals surface area contributed by atoms with Crippen molar-refractivity contribution in [2.24, 2.45) is 0 Å². The largest absolute Gasteiger partial charge is 0.310 e. The molecule has 0 saturated heterocycles.